The fraction of sp³-hybridized carbons (Fsp3) is 0.381. The molecule has 1 aliphatic heterocycles. The molecule has 0 fully saturated rings. The molecule has 0 spiro atoms. The normalized spacial score (nSPS) is 19.2. The molecule has 5 heteroatoms. The van der Waals surface area contributed by atoms with Gasteiger partial charge in [-0.1, -0.05) is 36.8 Å². The average molecular weight is 352 g/mol. The molecule has 0 aromatic carbocycles. The van der Waals surface area contributed by atoms with Crippen molar-refractivity contribution in [2.24, 2.45) is 0 Å². The van der Waals surface area contributed by atoms with Crippen LogP contribution < -0.4 is 5.32 Å². The number of hydrogen-bond acceptors (Lipinski definition) is 3. The molecular weight excluding hydrogens is 328 g/mol. The molecule has 0 saturated carbocycles. The Bertz CT molecular complexity index is 735. The van der Waals surface area contributed by atoms with E-state index in [2.05, 4.69) is 35.7 Å². The van der Waals surface area contributed by atoms with Crippen LogP contribution in [0.3, 0.4) is 0 Å². The van der Waals surface area contributed by atoms with Crippen molar-refractivity contribution >= 4 is 17.7 Å². The molecular formula is C21H24N2O3. The van der Waals surface area contributed by atoms with Crippen LogP contribution in [0.5, 0.6) is 0 Å². The van der Waals surface area contributed by atoms with Gasteiger partial charge in [-0.25, -0.2) is 0 Å². The maximum absolute atomic E-state index is 11.8. The Morgan fingerprint density at radius 1 is 0.962 bits per heavy atom. The number of rotatable bonds is 9. The minimum atomic E-state index is -0.314. The fourth-order valence-corrected chi connectivity index (χ4v) is 3.09. The van der Waals surface area contributed by atoms with Gasteiger partial charge in [0, 0.05) is 31.7 Å². The third-order valence-corrected chi connectivity index (χ3v) is 4.67. The standard InChI is InChI=1S/C21H24N2O3/c24-19(22-12-13-23-20(25)10-11-21(23)26)9-3-1-2-6-16-7-4-5-8-17-15-18(17)14-16/h4-5,7-8,10-11,14H,1-3,6,9,12-13,15H2,(H,22,24)/b5-4?,7-4?,8-5-,16-7?,16-14?,17-8?,18-14?. The lowest BCUT2D eigenvalue weighted by atomic mass is 10.0. The van der Waals surface area contributed by atoms with E-state index in [0.29, 0.717) is 13.0 Å². The lowest BCUT2D eigenvalue weighted by Crippen LogP contribution is -2.38. The van der Waals surface area contributed by atoms with Crippen LogP contribution in [-0.2, 0) is 14.4 Å². The second-order valence-electron chi connectivity index (χ2n) is 6.74. The summed E-state index contributed by atoms with van der Waals surface area (Å²) in [6.07, 6.45) is 18.9. The van der Waals surface area contributed by atoms with Gasteiger partial charge >= 0.3 is 0 Å². The predicted octanol–water partition coefficient (Wildman–Crippen LogP) is 2.73. The number of nitrogens with zero attached hydrogens (tertiary/aromatic N) is 1. The van der Waals surface area contributed by atoms with E-state index in [4.69, 9.17) is 0 Å². The van der Waals surface area contributed by atoms with E-state index in [1.54, 1.807) is 0 Å². The average Bonchev–Trinajstić information content (AvgIpc) is 3.24. The van der Waals surface area contributed by atoms with E-state index in [9.17, 15) is 14.4 Å². The lowest BCUT2D eigenvalue weighted by Gasteiger charge is -2.13. The molecule has 0 aromatic heterocycles. The predicted molar refractivity (Wildman–Crippen MR) is 100.0 cm³/mol. The van der Waals surface area contributed by atoms with Gasteiger partial charge in [0.15, 0.2) is 0 Å². The van der Waals surface area contributed by atoms with Gasteiger partial charge in [0.2, 0.25) is 5.91 Å². The summed E-state index contributed by atoms with van der Waals surface area (Å²) in [4.78, 5) is 35.7. The first kappa shape index (κ1) is 18.1. The number of unbranched alkanes of at least 4 members (excludes halogenated alkanes) is 2. The number of nitrogens with one attached hydrogen (secondary N) is 1. The maximum Gasteiger partial charge on any atom is 0.253 e. The smallest absolute Gasteiger partial charge is 0.253 e. The molecule has 1 N–H and O–H groups in total. The van der Waals surface area contributed by atoms with E-state index >= 15 is 0 Å². The summed E-state index contributed by atoms with van der Waals surface area (Å²) in [7, 11) is 0. The minimum absolute atomic E-state index is 0.0277. The quantitative estimate of drug-likeness (QED) is 0.512. The Kier molecular flexibility index (Phi) is 6.00. The number of amides is 3. The Morgan fingerprint density at radius 2 is 1.73 bits per heavy atom. The first-order valence-electron chi connectivity index (χ1n) is 9.21. The monoisotopic (exact) mass is 352 g/mol. The van der Waals surface area contributed by atoms with E-state index in [0.717, 1.165) is 37.0 Å². The third kappa shape index (κ3) is 5.15. The highest BCUT2D eigenvalue weighted by Gasteiger charge is 2.22. The molecule has 5 nitrogen and oxygen atoms in total. The van der Waals surface area contributed by atoms with Crippen molar-refractivity contribution in [3.05, 3.63) is 59.3 Å². The van der Waals surface area contributed by atoms with Gasteiger partial charge in [0.05, 0.1) is 0 Å². The highest BCUT2D eigenvalue weighted by atomic mass is 16.2. The van der Waals surface area contributed by atoms with Crippen molar-refractivity contribution in [2.45, 2.75) is 38.5 Å². The summed E-state index contributed by atoms with van der Waals surface area (Å²) >= 11 is 0. The molecule has 3 aliphatic rings. The van der Waals surface area contributed by atoms with Crippen LogP contribution in [0.25, 0.3) is 0 Å². The van der Waals surface area contributed by atoms with Crippen molar-refractivity contribution in [2.75, 3.05) is 13.1 Å². The van der Waals surface area contributed by atoms with Gasteiger partial charge in [-0.15, -0.1) is 0 Å². The molecule has 0 aromatic rings. The van der Waals surface area contributed by atoms with Crippen molar-refractivity contribution in [1.82, 2.24) is 10.2 Å². The molecule has 0 bridgehead atoms. The topological polar surface area (TPSA) is 66.5 Å². The summed E-state index contributed by atoms with van der Waals surface area (Å²) < 4.78 is 0. The lowest BCUT2D eigenvalue weighted by molar-refractivity contribution is -0.137. The SMILES string of the molecule is O=C(CCCCCC1=CC2=C(/C=C\C=C1)C2)NCCN1C(=O)C=CC1=O. The van der Waals surface area contributed by atoms with Crippen molar-refractivity contribution < 1.29 is 14.4 Å². The van der Waals surface area contributed by atoms with Gasteiger partial charge in [-0.3, -0.25) is 19.3 Å². The van der Waals surface area contributed by atoms with Crippen molar-refractivity contribution in [3.63, 3.8) is 0 Å². The van der Waals surface area contributed by atoms with Gasteiger partial charge in [-0.05, 0) is 42.4 Å². The number of hydrogen-bond donors (Lipinski definition) is 1. The molecule has 3 amide bonds. The number of allylic oxidation sites excluding steroid dienone is 8. The third-order valence-electron chi connectivity index (χ3n) is 4.67. The molecule has 0 saturated heterocycles. The Morgan fingerprint density at radius 3 is 2.54 bits per heavy atom. The molecule has 26 heavy (non-hydrogen) atoms. The molecule has 136 valence electrons. The van der Waals surface area contributed by atoms with Gasteiger partial charge < -0.3 is 5.32 Å². The second kappa shape index (κ2) is 8.61. The molecule has 0 radical (unpaired) electrons. The Labute approximate surface area is 153 Å². The number of carbonyl (C=O) groups is 3. The summed E-state index contributed by atoms with van der Waals surface area (Å²) in [5.41, 5.74) is 4.25. The van der Waals surface area contributed by atoms with Gasteiger partial charge in [-0.2, -0.15) is 0 Å². The Hall–Kier alpha value is -2.69. The van der Waals surface area contributed by atoms with Crippen LogP contribution in [0.4, 0.5) is 0 Å². The summed E-state index contributed by atoms with van der Waals surface area (Å²) in [6.45, 7) is 0.532. The van der Waals surface area contributed by atoms with E-state index in [1.807, 2.05) is 0 Å². The zero-order valence-electron chi connectivity index (χ0n) is 14.9. The minimum Gasteiger partial charge on any atom is -0.354 e. The molecule has 2 aliphatic carbocycles. The zero-order chi connectivity index (χ0) is 18.4. The number of imide groups is 1. The van der Waals surface area contributed by atoms with E-state index in [1.165, 1.54) is 28.9 Å². The van der Waals surface area contributed by atoms with Gasteiger partial charge in [0.25, 0.3) is 11.8 Å². The largest absolute Gasteiger partial charge is 0.354 e. The summed E-state index contributed by atoms with van der Waals surface area (Å²) in [5, 5.41) is 2.77. The molecule has 0 atom stereocenters. The number of carbonyl (C=O) groups excluding carboxylic acids is 3. The van der Waals surface area contributed by atoms with Gasteiger partial charge in [0.1, 0.15) is 0 Å². The van der Waals surface area contributed by atoms with Crippen LogP contribution in [0.1, 0.15) is 38.5 Å². The highest BCUT2D eigenvalue weighted by Crippen LogP contribution is 2.35. The molecule has 3 rings (SSSR count). The van der Waals surface area contributed by atoms with Crippen molar-refractivity contribution in [1.29, 1.82) is 0 Å². The first-order chi connectivity index (χ1) is 12.6. The fourth-order valence-electron chi connectivity index (χ4n) is 3.09. The van der Waals surface area contributed by atoms with E-state index < -0.39 is 0 Å². The molecule has 0 unspecified atom stereocenters. The zero-order valence-corrected chi connectivity index (χ0v) is 14.9. The van der Waals surface area contributed by atoms with E-state index in [-0.39, 0.29) is 24.3 Å². The van der Waals surface area contributed by atoms with Crippen LogP contribution in [-0.4, -0.2) is 35.7 Å². The summed E-state index contributed by atoms with van der Waals surface area (Å²) in [5.74, 6) is -0.655. The summed E-state index contributed by atoms with van der Waals surface area (Å²) in [6, 6.07) is 0. The highest BCUT2D eigenvalue weighted by molar-refractivity contribution is 6.12. The van der Waals surface area contributed by atoms with Crippen LogP contribution >= 0.6 is 0 Å². The maximum atomic E-state index is 11.8. The van der Waals surface area contributed by atoms with Crippen molar-refractivity contribution in [3.8, 4) is 0 Å². The Balaban J connectivity index is 1.25. The first-order valence-corrected chi connectivity index (χ1v) is 9.21. The van der Waals surface area contributed by atoms with Crippen LogP contribution in [0.15, 0.2) is 59.3 Å². The van der Waals surface area contributed by atoms with Crippen LogP contribution in [0.2, 0.25) is 0 Å². The second-order valence-corrected chi connectivity index (χ2v) is 6.74. The van der Waals surface area contributed by atoms with Crippen LogP contribution in [0, 0.1) is 0 Å². The molecule has 1 heterocycles.